The predicted octanol–water partition coefficient (Wildman–Crippen LogP) is 1.75. The van der Waals surface area contributed by atoms with E-state index in [0.717, 1.165) is 10.1 Å². The molecule has 6 nitrogen and oxygen atoms in total. The van der Waals surface area contributed by atoms with Gasteiger partial charge in [0.05, 0.1) is 18.9 Å². The third-order valence-electron chi connectivity index (χ3n) is 2.60. The van der Waals surface area contributed by atoms with E-state index < -0.39 is 6.09 Å². The molecule has 19 heavy (non-hydrogen) atoms. The number of carboxylic acid groups (broad SMARTS) is 1. The Kier molecular flexibility index (Phi) is 4.15. The normalized spacial score (nSPS) is 10.5. The van der Waals surface area contributed by atoms with Crippen molar-refractivity contribution in [3.05, 3.63) is 47.8 Å². The standard InChI is InChI=1S/C13H15N3O3/c14-12-15-11(8-16(12)13(17)18)6-7-19-9-10-4-2-1-3-5-10/h1-5,8H,6-7,9H2,(H2,14,15)(H,17,18). The highest BCUT2D eigenvalue weighted by Crippen LogP contribution is 2.06. The molecule has 0 aliphatic heterocycles. The van der Waals surface area contributed by atoms with E-state index >= 15 is 0 Å². The molecule has 2 aromatic rings. The van der Waals surface area contributed by atoms with Crippen LogP contribution in [0.5, 0.6) is 0 Å². The van der Waals surface area contributed by atoms with Crippen molar-refractivity contribution in [3.63, 3.8) is 0 Å². The number of hydrogen-bond acceptors (Lipinski definition) is 4. The second-order valence-corrected chi connectivity index (χ2v) is 4.03. The molecular formula is C13H15N3O3. The van der Waals surface area contributed by atoms with Gasteiger partial charge < -0.3 is 15.6 Å². The SMILES string of the molecule is Nc1nc(CCOCc2ccccc2)cn1C(=O)O. The molecule has 0 atom stereocenters. The van der Waals surface area contributed by atoms with Gasteiger partial charge in [-0.05, 0) is 5.56 Å². The number of ether oxygens (including phenoxy) is 1. The summed E-state index contributed by atoms with van der Waals surface area (Å²) >= 11 is 0. The molecule has 100 valence electrons. The van der Waals surface area contributed by atoms with E-state index in [-0.39, 0.29) is 5.95 Å². The first-order valence-electron chi connectivity index (χ1n) is 5.85. The van der Waals surface area contributed by atoms with Crippen molar-refractivity contribution in [2.24, 2.45) is 0 Å². The molecule has 0 aliphatic carbocycles. The molecule has 6 heteroatoms. The molecular weight excluding hydrogens is 246 g/mol. The molecule has 0 saturated heterocycles. The van der Waals surface area contributed by atoms with Crippen molar-refractivity contribution in [3.8, 4) is 0 Å². The maximum atomic E-state index is 10.8. The van der Waals surface area contributed by atoms with Crippen LogP contribution in [0.1, 0.15) is 11.3 Å². The number of imidazole rings is 1. The summed E-state index contributed by atoms with van der Waals surface area (Å²) in [6.45, 7) is 0.987. The van der Waals surface area contributed by atoms with Gasteiger partial charge in [-0.2, -0.15) is 0 Å². The Morgan fingerprint density at radius 3 is 2.74 bits per heavy atom. The minimum Gasteiger partial charge on any atom is -0.464 e. The molecule has 0 fully saturated rings. The maximum absolute atomic E-state index is 10.8. The number of benzene rings is 1. The quantitative estimate of drug-likeness (QED) is 0.800. The fourth-order valence-electron chi connectivity index (χ4n) is 1.66. The fourth-order valence-corrected chi connectivity index (χ4v) is 1.66. The van der Waals surface area contributed by atoms with Gasteiger partial charge in [-0.25, -0.2) is 14.3 Å². The average molecular weight is 261 g/mol. The van der Waals surface area contributed by atoms with E-state index in [1.807, 2.05) is 30.3 Å². The number of nitrogens with zero attached hydrogens (tertiary/aromatic N) is 2. The summed E-state index contributed by atoms with van der Waals surface area (Å²) in [5, 5.41) is 8.81. The van der Waals surface area contributed by atoms with Crippen molar-refractivity contribution in [2.45, 2.75) is 13.0 Å². The summed E-state index contributed by atoms with van der Waals surface area (Å²) in [7, 11) is 0. The number of hydrogen-bond donors (Lipinski definition) is 2. The van der Waals surface area contributed by atoms with Gasteiger partial charge in [0.2, 0.25) is 5.95 Å². The highest BCUT2D eigenvalue weighted by molar-refractivity contribution is 5.71. The Morgan fingerprint density at radius 2 is 2.11 bits per heavy atom. The highest BCUT2D eigenvalue weighted by Gasteiger charge is 2.09. The molecule has 2 rings (SSSR count). The molecule has 1 heterocycles. The zero-order valence-corrected chi connectivity index (χ0v) is 10.3. The van der Waals surface area contributed by atoms with Crippen LogP contribution in [0.25, 0.3) is 0 Å². The lowest BCUT2D eigenvalue weighted by Crippen LogP contribution is -2.09. The van der Waals surface area contributed by atoms with Crippen LogP contribution >= 0.6 is 0 Å². The minimum atomic E-state index is -1.14. The number of carbonyl (C=O) groups is 1. The molecule has 0 spiro atoms. The Balaban J connectivity index is 1.80. The predicted molar refractivity (Wildman–Crippen MR) is 69.9 cm³/mol. The Labute approximate surface area is 110 Å². The number of nitrogens with two attached hydrogens (primary N) is 1. The molecule has 1 aromatic heterocycles. The van der Waals surface area contributed by atoms with Gasteiger partial charge in [0.1, 0.15) is 0 Å². The van der Waals surface area contributed by atoms with E-state index in [2.05, 4.69) is 4.98 Å². The second kappa shape index (κ2) is 6.01. The van der Waals surface area contributed by atoms with Crippen molar-refractivity contribution >= 4 is 12.0 Å². The summed E-state index contributed by atoms with van der Waals surface area (Å²) in [5.41, 5.74) is 7.17. The first-order valence-corrected chi connectivity index (χ1v) is 5.85. The summed E-state index contributed by atoms with van der Waals surface area (Å²) in [5.74, 6) is -0.0226. The first-order chi connectivity index (χ1) is 9.16. The molecule has 0 aliphatic rings. The van der Waals surface area contributed by atoms with E-state index in [4.69, 9.17) is 15.6 Å². The topological polar surface area (TPSA) is 90.4 Å². The Hall–Kier alpha value is -2.34. The summed E-state index contributed by atoms with van der Waals surface area (Å²) < 4.78 is 6.39. The molecule has 1 aromatic carbocycles. The maximum Gasteiger partial charge on any atom is 0.418 e. The zero-order valence-electron chi connectivity index (χ0n) is 10.3. The Morgan fingerprint density at radius 1 is 1.37 bits per heavy atom. The lowest BCUT2D eigenvalue weighted by molar-refractivity contribution is 0.123. The van der Waals surface area contributed by atoms with Crippen LogP contribution in [0.2, 0.25) is 0 Å². The van der Waals surface area contributed by atoms with Crippen LogP contribution < -0.4 is 5.73 Å². The van der Waals surface area contributed by atoms with Crippen molar-refractivity contribution < 1.29 is 14.6 Å². The van der Waals surface area contributed by atoms with E-state index in [9.17, 15) is 4.79 Å². The van der Waals surface area contributed by atoms with Crippen LogP contribution in [0.15, 0.2) is 36.5 Å². The number of anilines is 1. The van der Waals surface area contributed by atoms with Gasteiger partial charge in [0.25, 0.3) is 0 Å². The van der Waals surface area contributed by atoms with Crippen molar-refractivity contribution in [1.82, 2.24) is 9.55 Å². The largest absolute Gasteiger partial charge is 0.464 e. The van der Waals surface area contributed by atoms with Gasteiger partial charge in [-0.15, -0.1) is 0 Å². The van der Waals surface area contributed by atoms with Crippen LogP contribution in [-0.4, -0.2) is 27.4 Å². The molecule has 3 N–H and O–H groups in total. The van der Waals surface area contributed by atoms with Gasteiger partial charge >= 0.3 is 6.09 Å². The number of nitrogen functional groups attached to an aromatic ring is 1. The first kappa shape index (κ1) is 13.1. The molecule has 0 bridgehead atoms. The van der Waals surface area contributed by atoms with Crippen molar-refractivity contribution in [2.75, 3.05) is 12.3 Å². The fraction of sp³-hybridized carbons (Fsp3) is 0.231. The minimum absolute atomic E-state index is 0.0226. The molecule has 0 radical (unpaired) electrons. The summed E-state index contributed by atoms with van der Waals surface area (Å²) in [6.07, 6.45) is 0.794. The van der Waals surface area contributed by atoms with E-state index in [1.54, 1.807) is 0 Å². The van der Waals surface area contributed by atoms with Gasteiger partial charge in [-0.1, -0.05) is 30.3 Å². The van der Waals surface area contributed by atoms with Crippen LogP contribution in [0.3, 0.4) is 0 Å². The number of rotatable bonds is 5. The summed E-state index contributed by atoms with van der Waals surface area (Å²) in [4.78, 5) is 14.7. The number of aromatic nitrogens is 2. The van der Waals surface area contributed by atoms with Gasteiger partial charge in [-0.3, -0.25) is 0 Å². The van der Waals surface area contributed by atoms with Crippen LogP contribution in [0, 0.1) is 0 Å². The monoisotopic (exact) mass is 261 g/mol. The van der Waals surface area contributed by atoms with E-state index in [0.29, 0.717) is 25.3 Å². The second-order valence-electron chi connectivity index (χ2n) is 4.03. The zero-order chi connectivity index (χ0) is 13.7. The van der Waals surface area contributed by atoms with Gasteiger partial charge in [0, 0.05) is 12.6 Å². The molecule has 0 saturated carbocycles. The molecule has 0 amide bonds. The van der Waals surface area contributed by atoms with Crippen molar-refractivity contribution in [1.29, 1.82) is 0 Å². The third kappa shape index (κ3) is 3.56. The summed E-state index contributed by atoms with van der Waals surface area (Å²) in [6, 6.07) is 9.82. The van der Waals surface area contributed by atoms with Crippen LogP contribution in [-0.2, 0) is 17.8 Å². The Bertz CT molecular complexity index is 552. The van der Waals surface area contributed by atoms with E-state index in [1.165, 1.54) is 6.20 Å². The lowest BCUT2D eigenvalue weighted by Gasteiger charge is -2.02. The highest BCUT2D eigenvalue weighted by atomic mass is 16.5. The van der Waals surface area contributed by atoms with Crippen LogP contribution in [0.4, 0.5) is 10.7 Å². The lowest BCUT2D eigenvalue weighted by atomic mass is 10.2. The molecule has 0 unspecified atom stereocenters. The van der Waals surface area contributed by atoms with Gasteiger partial charge in [0.15, 0.2) is 0 Å². The average Bonchev–Trinajstić information content (AvgIpc) is 2.77. The smallest absolute Gasteiger partial charge is 0.418 e. The third-order valence-corrected chi connectivity index (χ3v) is 2.60.